The van der Waals surface area contributed by atoms with Crippen LogP contribution in [0.25, 0.3) is 5.76 Å². The van der Waals surface area contributed by atoms with E-state index < -0.39 is 17.7 Å². The van der Waals surface area contributed by atoms with Crippen molar-refractivity contribution in [1.82, 2.24) is 9.80 Å². The molecule has 2 aromatic carbocycles. The molecule has 0 bridgehead atoms. The highest BCUT2D eigenvalue weighted by Crippen LogP contribution is 2.43. The molecule has 3 aliphatic rings. The zero-order chi connectivity index (χ0) is 28.8. The van der Waals surface area contributed by atoms with E-state index in [1.165, 1.54) is 0 Å². The van der Waals surface area contributed by atoms with Gasteiger partial charge >= 0.3 is 0 Å². The average Bonchev–Trinajstić information content (AvgIpc) is 3.25. The Bertz CT molecular complexity index is 1290. The number of carbonyl (C=O) groups is 2. The van der Waals surface area contributed by atoms with Crippen LogP contribution in [0.5, 0.6) is 23.0 Å². The summed E-state index contributed by atoms with van der Waals surface area (Å²) >= 11 is 0. The summed E-state index contributed by atoms with van der Waals surface area (Å²) < 4.78 is 28.5. The molecule has 3 heterocycles. The number of nitrogens with zero attached hydrogens (tertiary/aromatic N) is 2. The third-order valence-corrected chi connectivity index (χ3v) is 7.38. The Hall–Kier alpha value is -3.76. The van der Waals surface area contributed by atoms with Gasteiger partial charge in [-0.2, -0.15) is 0 Å². The number of rotatable bonds is 11. The number of aliphatic hydroxyl groups excluding tert-OH is 1. The van der Waals surface area contributed by atoms with Crippen molar-refractivity contribution in [1.29, 1.82) is 0 Å². The van der Waals surface area contributed by atoms with E-state index in [2.05, 4.69) is 4.90 Å². The molecule has 1 amide bonds. The molecule has 2 aromatic rings. The second-order valence-electron chi connectivity index (χ2n) is 10.1. The van der Waals surface area contributed by atoms with Crippen LogP contribution in [0.4, 0.5) is 0 Å². The zero-order valence-corrected chi connectivity index (χ0v) is 23.7. The van der Waals surface area contributed by atoms with Crippen molar-refractivity contribution < 1.29 is 38.4 Å². The number of hydrogen-bond donors (Lipinski definition) is 1. The lowest BCUT2D eigenvalue weighted by atomic mass is 9.94. The second-order valence-corrected chi connectivity index (χ2v) is 10.1. The lowest BCUT2D eigenvalue weighted by molar-refractivity contribution is -0.140. The van der Waals surface area contributed by atoms with Gasteiger partial charge in [-0.3, -0.25) is 14.5 Å². The lowest BCUT2D eigenvalue weighted by Gasteiger charge is -2.29. The monoisotopic (exact) mass is 566 g/mol. The molecule has 2 fully saturated rings. The Morgan fingerprint density at radius 1 is 0.927 bits per heavy atom. The lowest BCUT2D eigenvalue weighted by Crippen LogP contribution is -2.39. The Kier molecular flexibility index (Phi) is 9.31. The van der Waals surface area contributed by atoms with Crippen molar-refractivity contribution in [2.75, 3.05) is 65.8 Å². The molecule has 0 spiro atoms. The molecule has 10 nitrogen and oxygen atoms in total. The Morgan fingerprint density at radius 2 is 1.71 bits per heavy atom. The van der Waals surface area contributed by atoms with Gasteiger partial charge in [0.15, 0.2) is 23.0 Å². The Labute approximate surface area is 240 Å². The largest absolute Gasteiger partial charge is 0.507 e. The first kappa shape index (κ1) is 28.8. The number of fused-ring (bicyclic) bond motifs is 1. The van der Waals surface area contributed by atoms with Gasteiger partial charge in [0.1, 0.15) is 19.0 Å². The maximum Gasteiger partial charge on any atom is 0.295 e. The molecule has 5 rings (SSSR count). The molecule has 3 aliphatic heterocycles. The van der Waals surface area contributed by atoms with Crippen LogP contribution in [0.1, 0.15) is 43.9 Å². The van der Waals surface area contributed by atoms with Gasteiger partial charge in [0.2, 0.25) is 0 Å². The molecule has 220 valence electrons. The SMILES string of the molecule is CCCOc1ccc([C@H]2/C(=C(\O)c3ccc4c(c3)OCCO4)C(=O)C(=O)N2CCCN2CCOCC2)cc1OCC. The number of ketones is 1. The van der Waals surface area contributed by atoms with Crippen molar-refractivity contribution in [3.63, 3.8) is 0 Å². The van der Waals surface area contributed by atoms with Crippen LogP contribution in [0, 0.1) is 0 Å². The smallest absolute Gasteiger partial charge is 0.295 e. The van der Waals surface area contributed by atoms with Crippen LogP contribution in [0.2, 0.25) is 0 Å². The predicted molar refractivity (Wildman–Crippen MR) is 152 cm³/mol. The molecule has 1 N–H and O–H groups in total. The fraction of sp³-hybridized carbons (Fsp3) is 0.484. The van der Waals surface area contributed by atoms with Gasteiger partial charge in [-0.15, -0.1) is 0 Å². The third kappa shape index (κ3) is 6.28. The number of hydrogen-bond acceptors (Lipinski definition) is 9. The molecule has 0 saturated carbocycles. The minimum Gasteiger partial charge on any atom is -0.507 e. The van der Waals surface area contributed by atoms with Crippen LogP contribution < -0.4 is 18.9 Å². The van der Waals surface area contributed by atoms with E-state index in [1.54, 1.807) is 35.2 Å². The molecule has 1 atom stereocenters. The van der Waals surface area contributed by atoms with Crippen LogP contribution in [-0.4, -0.2) is 92.4 Å². The number of amides is 1. The van der Waals surface area contributed by atoms with Gasteiger partial charge in [0.25, 0.3) is 11.7 Å². The fourth-order valence-electron chi connectivity index (χ4n) is 5.39. The highest BCUT2D eigenvalue weighted by Gasteiger charge is 2.46. The quantitative estimate of drug-likeness (QED) is 0.247. The highest BCUT2D eigenvalue weighted by atomic mass is 16.6. The minimum absolute atomic E-state index is 0.0303. The minimum atomic E-state index is -0.799. The average molecular weight is 567 g/mol. The van der Waals surface area contributed by atoms with Gasteiger partial charge < -0.3 is 33.7 Å². The Morgan fingerprint density at radius 3 is 2.46 bits per heavy atom. The summed E-state index contributed by atoms with van der Waals surface area (Å²) in [7, 11) is 0. The highest BCUT2D eigenvalue weighted by molar-refractivity contribution is 6.46. The maximum atomic E-state index is 13.5. The van der Waals surface area contributed by atoms with E-state index in [4.69, 9.17) is 23.7 Å². The molecule has 10 heteroatoms. The number of ether oxygens (including phenoxy) is 5. The summed E-state index contributed by atoms with van der Waals surface area (Å²) in [5, 5.41) is 11.5. The van der Waals surface area contributed by atoms with Crippen molar-refractivity contribution in [3.05, 3.63) is 53.1 Å². The van der Waals surface area contributed by atoms with Gasteiger partial charge in [0.05, 0.1) is 38.0 Å². The molecule has 0 aliphatic carbocycles. The first-order valence-electron chi connectivity index (χ1n) is 14.4. The van der Waals surface area contributed by atoms with Crippen molar-refractivity contribution in [2.24, 2.45) is 0 Å². The maximum absolute atomic E-state index is 13.5. The third-order valence-electron chi connectivity index (χ3n) is 7.38. The van der Waals surface area contributed by atoms with Crippen molar-refractivity contribution in [2.45, 2.75) is 32.7 Å². The van der Waals surface area contributed by atoms with Crippen LogP contribution in [-0.2, 0) is 14.3 Å². The number of likely N-dealkylation sites (tertiary alicyclic amines) is 1. The van der Waals surface area contributed by atoms with E-state index in [9.17, 15) is 14.7 Å². The van der Waals surface area contributed by atoms with Crippen LogP contribution in [0.3, 0.4) is 0 Å². The topological polar surface area (TPSA) is 107 Å². The number of morpholine rings is 1. The number of carbonyl (C=O) groups excluding carboxylic acids is 2. The summed E-state index contributed by atoms with van der Waals surface area (Å²) in [6.45, 7) is 9.86. The van der Waals surface area contributed by atoms with E-state index >= 15 is 0 Å². The fourth-order valence-corrected chi connectivity index (χ4v) is 5.39. The summed E-state index contributed by atoms with van der Waals surface area (Å²) in [4.78, 5) is 30.9. The van der Waals surface area contributed by atoms with Crippen LogP contribution in [0.15, 0.2) is 42.0 Å². The molecule has 41 heavy (non-hydrogen) atoms. The molecule has 0 unspecified atom stereocenters. The second kappa shape index (κ2) is 13.3. The van der Waals surface area contributed by atoms with Crippen molar-refractivity contribution in [3.8, 4) is 23.0 Å². The van der Waals surface area contributed by atoms with E-state index in [1.807, 2.05) is 19.9 Å². The van der Waals surface area contributed by atoms with E-state index in [0.29, 0.717) is 86.7 Å². The van der Waals surface area contributed by atoms with Gasteiger partial charge in [-0.25, -0.2) is 0 Å². The predicted octanol–water partition coefficient (Wildman–Crippen LogP) is 3.79. The summed E-state index contributed by atoms with van der Waals surface area (Å²) in [5.74, 6) is 0.540. The molecular weight excluding hydrogens is 528 g/mol. The molecular formula is C31H38N2O8. The van der Waals surface area contributed by atoms with Gasteiger partial charge in [0, 0.05) is 31.7 Å². The number of Topliss-reactive ketones (excluding diaryl/α,β-unsaturated/α-hetero) is 1. The van der Waals surface area contributed by atoms with E-state index in [-0.39, 0.29) is 11.3 Å². The normalized spacial score (nSPS) is 20.3. The first-order chi connectivity index (χ1) is 20.0. The first-order valence-corrected chi connectivity index (χ1v) is 14.4. The van der Waals surface area contributed by atoms with E-state index in [0.717, 1.165) is 26.1 Å². The van der Waals surface area contributed by atoms with Gasteiger partial charge in [-0.1, -0.05) is 13.0 Å². The molecule has 2 saturated heterocycles. The number of benzene rings is 2. The van der Waals surface area contributed by atoms with Gasteiger partial charge in [-0.05, 0) is 55.7 Å². The zero-order valence-electron chi connectivity index (χ0n) is 23.7. The van der Waals surface area contributed by atoms with Crippen LogP contribution >= 0.6 is 0 Å². The summed E-state index contributed by atoms with van der Waals surface area (Å²) in [6.07, 6.45) is 1.51. The molecule has 0 aromatic heterocycles. The summed E-state index contributed by atoms with van der Waals surface area (Å²) in [6, 6.07) is 9.64. The molecule has 0 radical (unpaired) electrons. The summed E-state index contributed by atoms with van der Waals surface area (Å²) in [5.41, 5.74) is 1.06. The Balaban J connectivity index is 1.52. The number of aliphatic hydroxyl groups is 1. The van der Waals surface area contributed by atoms with Crippen molar-refractivity contribution >= 4 is 17.4 Å². The standard InChI is InChI=1S/C31H38N2O8/c1-3-14-39-23-8-6-21(19-25(23)38-4-2)28-27(29(34)22-7-9-24-26(20-22)41-18-17-40-24)30(35)31(36)33(28)11-5-10-32-12-15-37-16-13-32/h6-9,19-20,28,34H,3-5,10-18H2,1-2H3/b29-27+/t28-/m0/s1.